The topological polar surface area (TPSA) is 61.0 Å². The molecule has 0 unspecified atom stereocenters. The van der Waals surface area contributed by atoms with E-state index >= 15 is 0 Å². The number of aryl methyl sites for hydroxylation is 1. The van der Waals surface area contributed by atoms with Gasteiger partial charge in [-0.3, -0.25) is 5.10 Å². The monoisotopic (exact) mass is 250 g/mol. The maximum absolute atomic E-state index is 12.0. The van der Waals surface area contributed by atoms with E-state index in [1.165, 1.54) is 19.3 Å². The number of urea groups is 1. The highest BCUT2D eigenvalue weighted by Gasteiger charge is 2.14. The number of hydrogen-bond donors (Lipinski definition) is 2. The molecule has 0 aromatic carbocycles. The Morgan fingerprint density at radius 1 is 1.33 bits per heavy atom. The van der Waals surface area contributed by atoms with E-state index in [4.69, 9.17) is 0 Å². The average molecular weight is 250 g/mol. The molecule has 1 aromatic heterocycles. The van der Waals surface area contributed by atoms with Gasteiger partial charge in [0.1, 0.15) is 0 Å². The lowest BCUT2D eigenvalue weighted by Gasteiger charge is -2.24. The van der Waals surface area contributed by atoms with Crippen LogP contribution in [-0.4, -0.2) is 34.2 Å². The average Bonchev–Trinajstić information content (AvgIpc) is 2.72. The van der Waals surface area contributed by atoms with Crippen LogP contribution in [0.1, 0.15) is 43.5 Å². The second-order valence-corrected chi connectivity index (χ2v) is 4.96. The van der Waals surface area contributed by atoms with Gasteiger partial charge in [0, 0.05) is 18.8 Å². The van der Waals surface area contributed by atoms with Crippen molar-refractivity contribution in [3.63, 3.8) is 0 Å². The van der Waals surface area contributed by atoms with Crippen LogP contribution in [0.4, 0.5) is 4.79 Å². The summed E-state index contributed by atoms with van der Waals surface area (Å²) in [6, 6.07) is 1.99. The number of likely N-dealkylation sites (tertiary alicyclic amines) is 1. The first-order chi connectivity index (χ1) is 8.75. The van der Waals surface area contributed by atoms with Crippen LogP contribution >= 0.6 is 0 Å². The third-order valence-corrected chi connectivity index (χ3v) is 3.32. The van der Waals surface area contributed by atoms with Crippen LogP contribution < -0.4 is 5.32 Å². The van der Waals surface area contributed by atoms with Crippen molar-refractivity contribution in [2.45, 2.75) is 45.6 Å². The van der Waals surface area contributed by atoms with Gasteiger partial charge in [0.25, 0.3) is 0 Å². The van der Waals surface area contributed by atoms with Crippen molar-refractivity contribution < 1.29 is 4.79 Å². The lowest BCUT2D eigenvalue weighted by Crippen LogP contribution is -2.41. The third-order valence-electron chi connectivity index (χ3n) is 3.32. The van der Waals surface area contributed by atoms with Gasteiger partial charge < -0.3 is 10.2 Å². The Hall–Kier alpha value is -1.52. The van der Waals surface area contributed by atoms with Gasteiger partial charge in [-0.05, 0) is 25.8 Å². The molecule has 0 bridgehead atoms. The number of nitrogens with one attached hydrogen (secondary N) is 2. The summed E-state index contributed by atoms with van der Waals surface area (Å²) >= 11 is 0. The lowest BCUT2D eigenvalue weighted by molar-refractivity contribution is 0.191. The fraction of sp³-hybridized carbons (Fsp3) is 0.692. The molecule has 5 nitrogen and oxygen atoms in total. The Morgan fingerprint density at radius 3 is 2.61 bits per heavy atom. The van der Waals surface area contributed by atoms with E-state index < -0.39 is 0 Å². The molecule has 2 amide bonds. The number of hydrogen-bond acceptors (Lipinski definition) is 2. The van der Waals surface area contributed by atoms with Crippen LogP contribution in [0.25, 0.3) is 0 Å². The summed E-state index contributed by atoms with van der Waals surface area (Å²) in [5, 5.41) is 9.92. The lowest BCUT2D eigenvalue weighted by atomic mass is 10.1. The van der Waals surface area contributed by atoms with Crippen LogP contribution in [0.5, 0.6) is 0 Å². The number of nitrogens with zero attached hydrogens (tertiary/aromatic N) is 2. The minimum absolute atomic E-state index is 0.0394. The van der Waals surface area contributed by atoms with Gasteiger partial charge in [-0.15, -0.1) is 0 Å². The van der Waals surface area contributed by atoms with Crippen LogP contribution in [0.2, 0.25) is 0 Å². The Morgan fingerprint density at radius 2 is 2.00 bits per heavy atom. The minimum Gasteiger partial charge on any atom is -0.332 e. The number of H-pyrrole nitrogens is 1. The Labute approximate surface area is 108 Å². The minimum atomic E-state index is 0.0394. The summed E-state index contributed by atoms with van der Waals surface area (Å²) in [4.78, 5) is 13.9. The quantitative estimate of drug-likeness (QED) is 0.845. The van der Waals surface area contributed by atoms with Crippen molar-refractivity contribution >= 4 is 6.03 Å². The highest BCUT2D eigenvalue weighted by atomic mass is 16.2. The van der Waals surface area contributed by atoms with Gasteiger partial charge >= 0.3 is 6.03 Å². The highest BCUT2D eigenvalue weighted by molar-refractivity contribution is 5.74. The van der Waals surface area contributed by atoms with E-state index in [9.17, 15) is 4.79 Å². The molecule has 1 aliphatic rings. The zero-order valence-corrected chi connectivity index (χ0v) is 11.0. The number of carbonyl (C=O) groups excluding carboxylic acids is 1. The van der Waals surface area contributed by atoms with Crippen molar-refractivity contribution in [3.8, 4) is 0 Å². The molecule has 0 aliphatic carbocycles. The van der Waals surface area contributed by atoms with E-state index in [1.807, 2.05) is 17.9 Å². The summed E-state index contributed by atoms with van der Waals surface area (Å²) in [6.45, 7) is 4.22. The summed E-state index contributed by atoms with van der Waals surface area (Å²) in [6.07, 6.45) is 6.02. The van der Waals surface area contributed by atoms with Crippen molar-refractivity contribution in [2.24, 2.45) is 0 Å². The van der Waals surface area contributed by atoms with Gasteiger partial charge in [0.05, 0.1) is 12.2 Å². The molecule has 2 N–H and O–H groups in total. The number of amides is 2. The van der Waals surface area contributed by atoms with Crippen LogP contribution in [-0.2, 0) is 6.54 Å². The molecule has 0 radical (unpaired) electrons. The molecule has 0 saturated carbocycles. The molecule has 0 atom stereocenters. The zero-order valence-electron chi connectivity index (χ0n) is 11.0. The van der Waals surface area contributed by atoms with Gasteiger partial charge in [-0.25, -0.2) is 4.79 Å². The number of aromatic amines is 1. The molecule has 1 aliphatic heterocycles. The number of carbonyl (C=O) groups is 1. The summed E-state index contributed by atoms with van der Waals surface area (Å²) in [5.74, 6) is 0. The molecular weight excluding hydrogens is 228 g/mol. The zero-order chi connectivity index (χ0) is 12.8. The molecular formula is C13H22N4O. The second kappa shape index (κ2) is 6.42. The van der Waals surface area contributed by atoms with Crippen LogP contribution in [0, 0.1) is 6.92 Å². The number of aromatic nitrogens is 2. The summed E-state index contributed by atoms with van der Waals surface area (Å²) in [5.41, 5.74) is 1.90. The van der Waals surface area contributed by atoms with E-state index in [-0.39, 0.29) is 6.03 Å². The van der Waals surface area contributed by atoms with Gasteiger partial charge in [-0.1, -0.05) is 19.3 Å². The fourth-order valence-corrected chi connectivity index (χ4v) is 2.29. The molecule has 2 rings (SSSR count). The predicted octanol–water partition coefficient (Wildman–Crippen LogP) is 2.19. The Bertz CT molecular complexity index is 380. The molecule has 100 valence electrons. The molecule has 1 saturated heterocycles. The summed E-state index contributed by atoms with van der Waals surface area (Å²) < 4.78 is 0. The first kappa shape index (κ1) is 12.9. The molecule has 1 fully saturated rings. The second-order valence-electron chi connectivity index (χ2n) is 4.96. The van der Waals surface area contributed by atoms with Crippen LogP contribution in [0.3, 0.4) is 0 Å². The standard InChI is InChI=1S/C13H22N4O/c1-11-9-12(16-15-11)10-14-13(18)17-7-5-3-2-4-6-8-17/h9H,2-8,10H2,1H3,(H,14,18)(H,15,16). The highest BCUT2D eigenvalue weighted by Crippen LogP contribution is 2.10. The number of rotatable bonds is 2. The maximum atomic E-state index is 12.0. The predicted molar refractivity (Wildman–Crippen MR) is 70.2 cm³/mol. The van der Waals surface area contributed by atoms with Crippen molar-refractivity contribution in [1.29, 1.82) is 0 Å². The molecule has 18 heavy (non-hydrogen) atoms. The molecule has 2 heterocycles. The van der Waals surface area contributed by atoms with E-state index in [0.717, 1.165) is 37.3 Å². The van der Waals surface area contributed by atoms with Crippen molar-refractivity contribution in [2.75, 3.05) is 13.1 Å². The van der Waals surface area contributed by atoms with Gasteiger partial charge in [0.2, 0.25) is 0 Å². The van der Waals surface area contributed by atoms with E-state index in [0.29, 0.717) is 6.54 Å². The van der Waals surface area contributed by atoms with Crippen LogP contribution in [0.15, 0.2) is 6.07 Å². The molecule has 5 heteroatoms. The Kier molecular flexibility index (Phi) is 4.61. The van der Waals surface area contributed by atoms with E-state index in [2.05, 4.69) is 15.5 Å². The van der Waals surface area contributed by atoms with Gasteiger partial charge in [-0.2, -0.15) is 5.10 Å². The third kappa shape index (κ3) is 3.75. The first-order valence-corrected chi connectivity index (χ1v) is 6.79. The summed E-state index contributed by atoms with van der Waals surface area (Å²) in [7, 11) is 0. The van der Waals surface area contributed by atoms with Crippen molar-refractivity contribution in [3.05, 3.63) is 17.5 Å². The Balaban J connectivity index is 1.79. The smallest absolute Gasteiger partial charge is 0.317 e. The van der Waals surface area contributed by atoms with Crippen molar-refractivity contribution in [1.82, 2.24) is 20.4 Å². The SMILES string of the molecule is Cc1cc(CNC(=O)N2CCCCCCC2)n[nH]1. The molecule has 0 spiro atoms. The normalized spacial score (nSPS) is 17.1. The largest absolute Gasteiger partial charge is 0.332 e. The fourth-order valence-electron chi connectivity index (χ4n) is 2.29. The first-order valence-electron chi connectivity index (χ1n) is 6.79. The van der Waals surface area contributed by atoms with Gasteiger partial charge in [0.15, 0.2) is 0 Å². The maximum Gasteiger partial charge on any atom is 0.317 e. The van der Waals surface area contributed by atoms with E-state index in [1.54, 1.807) is 0 Å². The molecule has 1 aromatic rings.